The summed E-state index contributed by atoms with van der Waals surface area (Å²) in [6, 6.07) is 4.19. The van der Waals surface area contributed by atoms with Crippen LogP contribution in [0.1, 0.15) is 26.7 Å². The summed E-state index contributed by atoms with van der Waals surface area (Å²) in [6.45, 7) is 4.18. The number of rotatable bonds is 6. The Labute approximate surface area is 121 Å². The fourth-order valence-corrected chi connectivity index (χ4v) is 2.04. The Kier molecular flexibility index (Phi) is 4.94. The van der Waals surface area contributed by atoms with Crippen molar-refractivity contribution in [3.63, 3.8) is 0 Å². The summed E-state index contributed by atoms with van der Waals surface area (Å²) >= 11 is 0. The van der Waals surface area contributed by atoms with Crippen LogP contribution in [0.4, 0.5) is 13.2 Å². The van der Waals surface area contributed by atoms with Crippen molar-refractivity contribution < 1.29 is 22.6 Å². The van der Waals surface area contributed by atoms with Crippen molar-refractivity contribution >= 4 is 10.8 Å². The van der Waals surface area contributed by atoms with Crippen LogP contribution in [0.3, 0.4) is 0 Å². The molecule has 0 heterocycles. The Morgan fingerprint density at radius 3 is 2.33 bits per heavy atom. The van der Waals surface area contributed by atoms with Crippen molar-refractivity contribution in [3.8, 4) is 11.5 Å². The first kappa shape index (κ1) is 15.5. The smallest absolute Gasteiger partial charge is 0.201 e. The highest BCUT2D eigenvalue weighted by Gasteiger charge is 2.20. The van der Waals surface area contributed by atoms with E-state index in [4.69, 9.17) is 9.47 Å². The molecular formula is C16H17F3O2. The molecule has 2 aromatic rings. The molecule has 2 aromatic carbocycles. The zero-order chi connectivity index (χ0) is 15.4. The van der Waals surface area contributed by atoms with E-state index in [9.17, 15) is 13.2 Å². The number of benzene rings is 2. The molecule has 0 bridgehead atoms. The van der Waals surface area contributed by atoms with E-state index >= 15 is 0 Å². The maximum atomic E-state index is 14.2. The zero-order valence-corrected chi connectivity index (χ0v) is 12.0. The second kappa shape index (κ2) is 6.70. The van der Waals surface area contributed by atoms with E-state index in [-0.39, 0.29) is 30.1 Å². The third-order valence-corrected chi connectivity index (χ3v) is 3.11. The molecule has 21 heavy (non-hydrogen) atoms. The molecule has 0 spiro atoms. The number of ether oxygens (including phenoxy) is 2. The van der Waals surface area contributed by atoms with Crippen molar-refractivity contribution in [2.45, 2.75) is 26.7 Å². The molecule has 0 N–H and O–H groups in total. The molecule has 0 aliphatic rings. The van der Waals surface area contributed by atoms with Crippen molar-refractivity contribution in [2.75, 3.05) is 13.2 Å². The fourth-order valence-electron chi connectivity index (χ4n) is 2.04. The number of hydrogen-bond donors (Lipinski definition) is 0. The Balaban J connectivity index is 2.49. The third kappa shape index (κ3) is 3.06. The Hall–Kier alpha value is -1.91. The first-order chi connectivity index (χ1) is 10.1. The zero-order valence-electron chi connectivity index (χ0n) is 12.0. The van der Waals surface area contributed by atoms with Crippen molar-refractivity contribution in [1.82, 2.24) is 0 Å². The van der Waals surface area contributed by atoms with E-state index < -0.39 is 22.8 Å². The lowest BCUT2D eigenvalue weighted by Crippen LogP contribution is -2.02. The highest BCUT2D eigenvalue weighted by atomic mass is 19.2. The van der Waals surface area contributed by atoms with Crippen LogP contribution in [0.2, 0.25) is 0 Å². The molecule has 2 nitrogen and oxygen atoms in total. The molecule has 114 valence electrons. The second-order valence-electron chi connectivity index (χ2n) is 4.61. The lowest BCUT2D eigenvalue weighted by molar-refractivity contribution is 0.289. The summed E-state index contributed by atoms with van der Waals surface area (Å²) in [5, 5.41) is -0.178. The van der Waals surface area contributed by atoms with Gasteiger partial charge < -0.3 is 9.47 Å². The minimum atomic E-state index is -1.25. The van der Waals surface area contributed by atoms with Gasteiger partial charge in [-0.05, 0) is 30.9 Å². The lowest BCUT2D eigenvalue weighted by Gasteiger charge is -2.12. The average molecular weight is 298 g/mol. The Bertz CT molecular complexity index is 641. The predicted octanol–water partition coefficient (Wildman–Crippen LogP) is 4.83. The topological polar surface area (TPSA) is 18.5 Å². The van der Waals surface area contributed by atoms with Gasteiger partial charge in [0.05, 0.1) is 18.6 Å². The average Bonchev–Trinajstić information content (AvgIpc) is 2.47. The van der Waals surface area contributed by atoms with Gasteiger partial charge in [0.15, 0.2) is 23.1 Å². The van der Waals surface area contributed by atoms with Gasteiger partial charge in [0.25, 0.3) is 0 Å². The van der Waals surface area contributed by atoms with Gasteiger partial charge in [-0.2, -0.15) is 4.39 Å². The van der Waals surface area contributed by atoms with Crippen LogP contribution in [0, 0.1) is 17.5 Å². The van der Waals surface area contributed by atoms with E-state index in [1.165, 1.54) is 18.2 Å². The number of hydrogen-bond acceptors (Lipinski definition) is 2. The van der Waals surface area contributed by atoms with E-state index in [2.05, 4.69) is 0 Å². The van der Waals surface area contributed by atoms with Gasteiger partial charge in [0.2, 0.25) is 5.82 Å². The van der Waals surface area contributed by atoms with Gasteiger partial charge in [0.1, 0.15) is 0 Å². The first-order valence-corrected chi connectivity index (χ1v) is 6.95. The molecule has 0 unspecified atom stereocenters. The number of halogens is 3. The maximum absolute atomic E-state index is 14.2. The van der Waals surface area contributed by atoms with Crippen LogP contribution in [-0.4, -0.2) is 13.2 Å². The third-order valence-electron chi connectivity index (χ3n) is 3.11. The highest BCUT2D eigenvalue weighted by molar-refractivity contribution is 5.86. The molecule has 5 heteroatoms. The summed E-state index contributed by atoms with van der Waals surface area (Å²) in [5.74, 6) is -3.62. The molecule has 0 saturated heterocycles. The molecule has 0 fully saturated rings. The lowest BCUT2D eigenvalue weighted by atomic mass is 10.1. The van der Waals surface area contributed by atoms with Crippen molar-refractivity contribution in [1.29, 1.82) is 0 Å². The first-order valence-electron chi connectivity index (χ1n) is 6.95. The summed E-state index contributed by atoms with van der Waals surface area (Å²) in [5.41, 5.74) is 0. The molecule has 0 aliphatic carbocycles. The summed E-state index contributed by atoms with van der Waals surface area (Å²) in [6.07, 6.45) is 1.61. The number of fused-ring (bicyclic) bond motifs is 1. The van der Waals surface area contributed by atoms with Gasteiger partial charge in [-0.15, -0.1) is 0 Å². The van der Waals surface area contributed by atoms with E-state index in [0.717, 1.165) is 12.8 Å². The molecule has 2 rings (SSSR count). The van der Waals surface area contributed by atoms with E-state index in [0.29, 0.717) is 0 Å². The standard InChI is InChI=1S/C16H17F3O2/c1-3-5-8-21-12-9-10-6-7-11(20-4-2)14(17)13(10)16(19)15(12)18/h6-7,9H,3-5,8H2,1-2H3. The SMILES string of the molecule is CCCCOc1cc2ccc(OCC)c(F)c2c(F)c1F. The Morgan fingerprint density at radius 2 is 1.67 bits per heavy atom. The monoisotopic (exact) mass is 298 g/mol. The van der Waals surface area contributed by atoms with Gasteiger partial charge in [0, 0.05) is 0 Å². The molecule has 0 atom stereocenters. The quantitative estimate of drug-likeness (QED) is 0.711. The Morgan fingerprint density at radius 1 is 0.905 bits per heavy atom. The van der Waals surface area contributed by atoms with Gasteiger partial charge in [-0.1, -0.05) is 19.4 Å². The summed E-state index contributed by atoms with van der Waals surface area (Å²) in [7, 11) is 0. The molecule has 0 amide bonds. The number of unbranched alkanes of at least 4 members (excludes halogenated alkanes) is 1. The minimum absolute atomic E-state index is 0.0945. The van der Waals surface area contributed by atoms with Crippen LogP contribution in [0.25, 0.3) is 10.8 Å². The van der Waals surface area contributed by atoms with Crippen molar-refractivity contribution in [3.05, 3.63) is 35.7 Å². The fraction of sp³-hybridized carbons (Fsp3) is 0.375. The van der Waals surface area contributed by atoms with Crippen LogP contribution >= 0.6 is 0 Å². The van der Waals surface area contributed by atoms with E-state index in [1.807, 2.05) is 6.92 Å². The van der Waals surface area contributed by atoms with Gasteiger partial charge in [-0.25, -0.2) is 8.78 Å². The molecular weight excluding hydrogens is 281 g/mol. The molecule has 0 aromatic heterocycles. The second-order valence-corrected chi connectivity index (χ2v) is 4.61. The van der Waals surface area contributed by atoms with Gasteiger partial charge in [-0.3, -0.25) is 0 Å². The minimum Gasteiger partial charge on any atom is -0.491 e. The van der Waals surface area contributed by atoms with Crippen LogP contribution in [0.5, 0.6) is 11.5 Å². The molecule has 0 radical (unpaired) electrons. The summed E-state index contributed by atoms with van der Waals surface area (Å²) < 4.78 is 52.5. The molecule has 0 aliphatic heterocycles. The highest BCUT2D eigenvalue weighted by Crippen LogP contribution is 2.34. The van der Waals surface area contributed by atoms with Crippen LogP contribution in [-0.2, 0) is 0 Å². The normalized spacial score (nSPS) is 10.9. The molecule has 0 saturated carbocycles. The van der Waals surface area contributed by atoms with Crippen LogP contribution < -0.4 is 9.47 Å². The largest absolute Gasteiger partial charge is 0.491 e. The maximum Gasteiger partial charge on any atom is 0.201 e. The van der Waals surface area contributed by atoms with Crippen LogP contribution in [0.15, 0.2) is 18.2 Å². The predicted molar refractivity (Wildman–Crippen MR) is 75.4 cm³/mol. The van der Waals surface area contributed by atoms with Crippen molar-refractivity contribution in [2.24, 2.45) is 0 Å². The van der Waals surface area contributed by atoms with E-state index in [1.54, 1.807) is 6.92 Å². The van der Waals surface area contributed by atoms with Gasteiger partial charge >= 0.3 is 0 Å². The summed E-state index contributed by atoms with van der Waals surface area (Å²) in [4.78, 5) is 0.